The Morgan fingerprint density at radius 2 is 2.26 bits per heavy atom. The lowest BCUT2D eigenvalue weighted by Crippen LogP contribution is -2.49. The van der Waals surface area contributed by atoms with E-state index in [0.29, 0.717) is 12.6 Å². The van der Waals surface area contributed by atoms with Gasteiger partial charge in [0.15, 0.2) is 5.96 Å². The standard InChI is InChI=1S/C16H30N6O/c1-5-15-21-18-11-22(15)9-8-17-16(19-12(2)3)20-13(4)14-7-6-10-23-14/h11-14H,5-10H2,1-4H3,(H2,17,19,20). The molecule has 0 spiro atoms. The first kappa shape index (κ1) is 17.7. The van der Waals surface area contributed by atoms with E-state index >= 15 is 0 Å². The zero-order chi connectivity index (χ0) is 16.7. The van der Waals surface area contributed by atoms with Crippen LogP contribution in [0.5, 0.6) is 0 Å². The van der Waals surface area contributed by atoms with Gasteiger partial charge in [-0.3, -0.25) is 4.99 Å². The molecule has 2 N–H and O–H groups in total. The van der Waals surface area contributed by atoms with E-state index in [1.165, 1.54) is 0 Å². The van der Waals surface area contributed by atoms with Crippen LogP contribution >= 0.6 is 0 Å². The number of ether oxygens (including phenoxy) is 1. The summed E-state index contributed by atoms with van der Waals surface area (Å²) in [5.74, 6) is 1.84. The van der Waals surface area contributed by atoms with Crippen LogP contribution in [0.25, 0.3) is 0 Å². The van der Waals surface area contributed by atoms with Gasteiger partial charge in [-0.1, -0.05) is 6.92 Å². The molecule has 130 valence electrons. The molecule has 7 heteroatoms. The van der Waals surface area contributed by atoms with E-state index in [0.717, 1.165) is 44.2 Å². The molecule has 0 aliphatic carbocycles. The molecule has 0 bridgehead atoms. The lowest BCUT2D eigenvalue weighted by molar-refractivity contribution is 0.0890. The Morgan fingerprint density at radius 3 is 2.91 bits per heavy atom. The van der Waals surface area contributed by atoms with Crippen LogP contribution < -0.4 is 10.6 Å². The van der Waals surface area contributed by atoms with Gasteiger partial charge in [-0.15, -0.1) is 10.2 Å². The van der Waals surface area contributed by atoms with Crippen molar-refractivity contribution in [1.82, 2.24) is 25.4 Å². The third-order valence-electron chi connectivity index (χ3n) is 3.94. The number of rotatable bonds is 7. The molecule has 0 amide bonds. The number of hydrogen-bond donors (Lipinski definition) is 2. The van der Waals surface area contributed by atoms with E-state index < -0.39 is 0 Å². The third kappa shape index (κ3) is 5.49. The van der Waals surface area contributed by atoms with E-state index in [1.54, 1.807) is 6.33 Å². The average molecular weight is 322 g/mol. The summed E-state index contributed by atoms with van der Waals surface area (Å²) in [6.07, 6.45) is 5.19. The maximum Gasteiger partial charge on any atom is 0.191 e. The normalized spacial score (nSPS) is 20.0. The minimum absolute atomic E-state index is 0.253. The fourth-order valence-electron chi connectivity index (χ4n) is 2.72. The van der Waals surface area contributed by atoms with Gasteiger partial charge in [0, 0.05) is 25.6 Å². The van der Waals surface area contributed by atoms with Gasteiger partial charge in [-0.05, 0) is 33.6 Å². The Balaban J connectivity index is 1.90. The van der Waals surface area contributed by atoms with Gasteiger partial charge in [0.1, 0.15) is 12.2 Å². The van der Waals surface area contributed by atoms with Crippen LogP contribution in [0, 0.1) is 0 Å². The molecule has 2 unspecified atom stereocenters. The van der Waals surface area contributed by atoms with Gasteiger partial charge in [0.2, 0.25) is 0 Å². The molecule has 1 saturated heterocycles. The highest BCUT2D eigenvalue weighted by molar-refractivity contribution is 5.80. The minimum Gasteiger partial charge on any atom is -0.376 e. The molecule has 1 aliphatic rings. The monoisotopic (exact) mass is 322 g/mol. The van der Waals surface area contributed by atoms with Crippen LogP contribution in [0.3, 0.4) is 0 Å². The molecular formula is C16H30N6O. The van der Waals surface area contributed by atoms with Crippen molar-refractivity contribution in [1.29, 1.82) is 0 Å². The largest absolute Gasteiger partial charge is 0.376 e. The Kier molecular flexibility index (Phi) is 6.83. The van der Waals surface area contributed by atoms with E-state index in [2.05, 4.69) is 58.1 Å². The number of aromatic nitrogens is 3. The first-order valence-corrected chi connectivity index (χ1v) is 8.66. The quantitative estimate of drug-likeness (QED) is 0.585. The predicted molar refractivity (Wildman–Crippen MR) is 91.5 cm³/mol. The second-order valence-electron chi connectivity index (χ2n) is 6.31. The second-order valence-corrected chi connectivity index (χ2v) is 6.31. The number of guanidine groups is 1. The summed E-state index contributed by atoms with van der Waals surface area (Å²) in [7, 11) is 0. The molecule has 23 heavy (non-hydrogen) atoms. The van der Waals surface area contributed by atoms with Crippen LogP contribution in [0.2, 0.25) is 0 Å². The van der Waals surface area contributed by atoms with Gasteiger partial charge in [0.25, 0.3) is 0 Å². The zero-order valence-electron chi connectivity index (χ0n) is 14.7. The number of aryl methyl sites for hydroxylation is 1. The fraction of sp³-hybridized carbons (Fsp3) is 0.812. The van der Waals surface area contributed by atoms with Crippen molar-refractivity contribution < 1.29 is 4.74 Å². The summed E-state index contributed by atoms with van der Waals surface area (Å²) >= 11 is 0. The Labute approximate surface area is 138 Å². The van der Waals surface area contributed by atoms with E-state index in [-0.39, 0.29) is 12.1 Å². The van der Waals surface area contributed by atoms with Crippen LogP contribution in [0.15, 0.2) is 11.3 Å². The summed E-state index contributed by atoms with van der Waals surface area (Å²) in [6.45, 7) is 10.8. The minimum atomic E-state index is 0.253. The molecule has 1 fully saturated rings. The highest BCUT2D eigenvalue weighted by atomic mass is 16.5. The molecule has 2 heterocycles. The average Bonchev–Trinajstić information content (AvgIpc) is 3.17. The van der Waals surface area contributed by atoms with Crippen molar-refractivity contribution in [2.24, 2.45) is 4.99 Å². The molecule has 0 aromatic carbocycles. The van der Waals surface area contributed by atoms with Gasteiger partial charge in [0.05, 0.1) is 18.7 Å². The SMILES string of the molecule is CCc1nncn1CCN=C(NC(C)C)NC(C)C1CCCO1. The summed E-state index contributed by atoms with van der Waals surface area (Å²) < 4.78 is 7.80. The third-order valence-corrected chi connectivity index (χ3v) is 3.94. The highest BCUT2D eigenvalue weighted by Crippen LogP contribution is 2.15. The number of nitrogens with zero attached hydrogens (tertiary/aromatic N) is 4. The lowest BCUT2D eigenvalue weighted by atomic mass is 10.1. The molecule has 1 aliphatic heterocycles. The molecule has 1 aromatic heterocycles. The molecule has 1 aromatic rings. The van der Waals surface area contributed by atoms with Crippen LogP contribution in [0.1, 0.15) is 46.4 Å². The Morgan fingerprint density at radius 1 is 1.43 bits per heavy atom. The van der Waals surface area contributed by atoms with Crippen LogP contribution in [0.4, 0.5) is 0 Å². The van der Waals surface area contributed by atoms with Gasteiger partial charge in [-0.2, -0.15) is 0 Å². The molecule has 2 rings (SSSR count). The van der Waals surface area contributed by atoms with Crippen molar-refractivity contribution in [3.05, 3.63) is 12.2 Å². The lowest BCUT2D eigenvalue weighted by Gasteiger charge is -2.24. The number of hydrogen-bond acceptors (Lipinski definition) is 4. The van der Waals surface area contributed by atoms with Gasteiger partial charge < -0.3 is 19.9 Å². The summed E-state index contributed by atoms with van der Waals surface area (Å²) in [4.78, 5) is 4.69. The second kappa shape index (κ2) is 8.86. The summed E-state index contributed by atoms with van der Waals surface area (Å²) in [5.41, 5.74) is 0. The first-order valence-electron chi connectivity index (χ1n) is 8.66. The van der Waals surface area contributed by atoms with E-state index in [1.807, 2.05) is 0 Å². The molecule has 0 saturated carbocycles. The van der Waals surface area contributed by atoms with Gasteiger partial charge >= 0.3 is 0 Å². The molecule has 7 nitrogen and oxygen atoms in total. The first-order chi connectivity index (χ1) is 11.1. The van der Waals surface area contributed by atoms with Crippen LogP contribution in [-0.4, -0.2) is 52.1 Å². The Bertz CT molecular complexity index is 493. The number of nitrogens with one attached hydrogen (secondary N) is 2. The molecule has 0 radical (unpaired) electrons. The maximum atomic E-state index is 5.75. The fourth-order valence-corrected chi connectivity index (χ4v) is 2.72. The number of aliphatic imine (C=N–C) groups is 1. The van der Waals surface area contributed by atoms with Crippen molar-refractivity contribution in [3.63, 3.8) is 0 Å². The van der Waals surface area contributed by atoms with Crippen molar-refractivity contribution in [2.45, 2.75) is 71.7 Å². The Hall–Kier alpha value is -1.63. The van der Waals surface area contributed by atoms with Crippen molar-refractivity contribution in [3.8, 4) is 0 Å². The molecular weight excluding hydrogens is 292 g/mol. The van der Waals surface area contributed by atoms with E-state index in [9.17, 15) is 0 Å². The maximum absolute atomic E-state index is 5.75. The van der Waals surface area contributed by atoms with Gasteiger partial charge in [-0.25, -0.2) is 0 Å². The topological polar surface area (TPSA) is 76.4 Å². The summed E-state index contributed by atoms with van der Waals surface area (Å²) in [5, 5.41) is 14.9. The van der Waals surface area contributed by atoms with Crippen molar-refractivity contribution >= 4 is 5.96 Å². The predicted octanol–water partition coefficient (Wildman–Crippen LogP) is 1.35. The summed E-state index contributed by atoms with van der Waals surface area (Å²) in [6, 6.07) is 0.586. The van der Waals surface area contributed by atoms with Crippen LogP contribution in [-0.2, 0) is 17.7 Å². The highest BCUT2D eigenvalue weighted by Gasteiger charge is 2.23. The molecule has 2 atom stereocenters. The zero-order valence-corrected chi connectivity index (χ0v) is 14.7. The van der Waals surface area contributed by atoms with E-state index in [4.69, 9.17) is 4.74 Å². The smallest absolute Gasteiger partial charge is 0.191 e. The van der Waals surface area contributed by atoms with Crippen molar-refractivity contribution in [2.75, 3.05) is 13.2 Å².